The minimum absolute atomic E-state index is 0.310. The Balaban J connectivity index is 2.92. The molecule has 0 amide bonds. The van der Waals surface area contributed by atoms with Crippen molar-refractivity contribution >= 4 is 11.8 Å². The van der Waals surface area contributed by atoms with Gasteiger partial charge in [0.15, 0.2) is 0 Å². The van der Waals surface area contributed by atoms with Crippen molar-refractivity contribution in [3.63, 3.8) is 0 Å². The number of rotatable bonds is 4. The Morgan fingerprint density at radius 1 is 1.88 bits per heavy atom. The predicted octanol–water partition coefficient (Wildman–Crippen LogP) is -0.826. The lowest BCUT2D eigenvalue weighted by Gasteiger charge is -2.05. The monoisotopic (exact) mass is 136 g/mol. The van der Waals surface area contributed by atoms with Crippen LogP contribution in [0, 0.1) is 0 Å². The third-order valence-corrected chi connectivity index (χ3v) is 1.43. The Bertz CT molecular complexity index is 47.3. The van der Waals surface area contributed by atoms with Gasteiger partial charge in [0.1, 0.15) is 0 Å². The van der Waals surface area contributed by atoms with Gasteiger partial charge >= 0.3 is 0 Å². The summed E-state index contributed by atoms with van der Waals surface area (Å²) in [4.78, 5) is 0. The van der Waals surface area contributed by atoms with Gasteiger partial charge in [0.25, 0.3) is 0 Å². The molecular weight excluding hydrogens is 124 g/mol. The molecule has 0 aliphatic heterocycles. The molecule has 0 spiro atoms. The molecule has 4 heteroatoms. The molecule has 0 radical (unpaired) electrons. The van der Waals surface area contributed by atoms with Crippen LogP contribution in [-0.4, -0.2) is 29.8 Å². The summed E-state index contributed by atoms with van der Waals surface area (Å²) in [6.45, 7) is 0.473. The maximum atomic E-state index is 8.89. The second-order valence-electron chi connectivity index (χ2n) is 1.52. The molecule has 0 aromatic heterocycles. The molecule has 0 saturated carbocycles. The summed E-state index contributed by atoms with van der Waals surface area (Å²) < 4.78 is 0. The van der Waals surface area contributed by atoms with Crippen molar-refractivity contribution in [2.45, 2.75) is 6.10 Å². The zero-order valence-corrected chi connectivity index (χ0v) is 5.74. The van der Waals surface area contributed by atoms with Gasteiger partial charge in [-0.3, -0.25) is 11.3 Å². The Labute approximate surface area is 53.6 Å². The molecule has 0 aromatic rings. The molecule has 0 aliphatic rings. The largest absolute Gasteiger partial charge is 0.391 e. The fourth-order valence-electron chi connectivity index (χ4n) is 0.387. The molecular formula is C4H12N2OS. The number of nitrogens with two attached hydrogens (primary N) is 1. The summed E-state index contributed by atoms with van der Waals surface area (Å²) in [6.07, 6.45) is 1.63. The number of hydrogen-bond acceptors (Lipinski definition) is 4. The zero-order valence-electron chi connectivity index (χ0n) is 4.92. The number of aliphatic hydroxyl groups excluding tert-OH is 1. The summed E-state index contributed by atoms with van der Waals surface area (Å²) in [5.41, 5.74) is 2.39. The van der Waals surface area contributed by atoms with Gasteiger partial charge in [-0.05, 0) is 6.26 Å². The van der Waals surface area contributed by atoms with E-state index in [0.717, 1.165) is 5.75 Å². The van der Waals surface area contributed by atoms with Crippen molar-refractivity contribution < 1.29 is 5.11 Å². The zero-order chi connectivity index (χ0) is 6.41. The number of aliphatic hydroxyl groups is 1. The molecule has 3 nitrogen and oxygen atoms in total. The second-order valence-corrected chi connectivity index (χ2v) is 2.43. The predicted molar refractivity (Wildman–Crippen MR) is 36.6 cm³/mol. The van der Waals surface area contributed by atoms with Crippen molar-refractivity contribution in [3.8, 4) is 0 Å². The van der Waals surface area contributed by atoms with Crippen LogP contribution in [-0.2, 0) is 0 Å². The molecule has 0 unspecified atom stereocenters. The summed E-state index contributed by atoms with van der Waals surface area (Å²) in [5, 5.41) is 8.89. The molecule has 0 aromatic carbocycles. The molecule has 0 fully saturated rings. The molecule has 8 heavy (non-hydrogen) atoms. The highest BCUT2D eigenvalue weighted by molar-refractivity contribution is 7.98. The Morgan fingerprint density at radius 2 is 2.50 bits per heavy atom. The smallest absolute Gasteiger partial charge is 0.0768 e. The van der Waals surface area contributed by atoms with Crippen LogP contribution in [0.15, 0.2) is 0 Å². The standard InChI is InChI=1S/C4H12N2OS/c1-8-3-4(7)2-6-5/h4,6-7H,2-3,5H2,1H3/t4-/m1/s1. The van der Waals surface area contributed by atoms with Crippen molar-refractivity contribution in [2.75, 3.05) is 18.6 Å². The van der Waals surface area contributed by atoms with E-state index in [2.05, 4.69) is 5.43 Å². The van der Waals surface area contributed by atoms with Crippen LogP contribution in [0.2, 0.25) is 0 Å². The van der Waals surface area contributed by atoms with Crippen molar-refractivity contribution in [1.82, 2.24) is 5.43 Å². The Hall–Kier alpha value is 0.230. The maximum Gasteiger partial charge on any atom is 0.0768 e. The fourth-order valence-corrected chi connectivity index (χ4v) is 0.890. The SMILES string of the molecule is CSC[C@H](O)CNN. The molecule has 0 heterocycles. The normalized spacial score (nSPS) is 13.9. The first-order valence-electron chi connectivity index (χ1n) is 2.41. The lowest BCUT2D eigenvalue weighted by molar-refractivity contribution is 0.196. The summed E-state index contributed by atoms with van der Waals surface area (Å²) in [7, 11) is 0. The molecule has 0 bridgehead atoms. The molecule has 50 valence electrons. The molecule has 1 atom stereocenters. The molecule has 0 aliphatic carbocycles. The van der Waals surface area contributed by atoms with E-state index in [4.69, 9.17) is 10.9 Å². The van der Waals surface area contributed by atoms with Gasteiger partial charge < -0.3 is 5.11 Å². The van der Waals surface area contributed by atoms with Gasteiger partial charge in [0, 0.05) is 12.3 Å². The maximum absolute atomic E-state index is 8.89. The first-order valence-corrected chi connectivity index (χ1v) is 3.81. The highest BCUT2D eigenvalue weighted by Crippen LogP contribution is 1.94. The Kier molecular flexibility index (Phi) is 5.52. The third-order valence-electron chi connectivity index (χ3n) is 0.713. The number of hydrogen-bond donors (Lipinski definition) is 3. The quantitative estimate of drug-likeness (QED) is 0.349. The average molecular weight is 136 g/mol. The van der Waals surface area contributed by atoms with Gasteiger partial charge in [-0.15, -0.1) is 0 Å². The van der Waals surface area contributed by atoms with Gasteiger partial charge in [0.2, 0.25) is 0 Å². The fraction of sp³-hybridized carbons (Fsp3) is 1.00. The van der Waals surface area contributed by atoms with Crippen LogP contribution in [0.25, 0.3) is 0 Å². The Morgan fingerprint density at radius 3 is 2.88 bits per heavy atom. The minimum atomic E-state index is -0.310. The summed E-state index contributed by atoms with van der Waals surface area (Å²) in [6, 6.07) is 0. The lowest BCUT2D eigenvalue weighted by Crippen LogP contribution is -2.33. The van der Waals surface area contributed by atoms with Crippen LogP contribution >= 0.6 is 11.8 Å². The van der Waals surface area contributed by atoms with E-state index in [1.807, 2.05) is 6.26 Å². The van der Waals surface area contributed by atoms with Crippen LogP contribution in [0.5, 0.6) is 0 Å². The van der Waals surface area contributed by atoms with Gasteiger partial charge in [-0.25, -0.2) is 0 Å². The minimum Gasteiger partial charge on any atom is -0.391 e. The lowest BCUT2D eigenvalue weighted by atomic mass is 10.4. The third kappa shape index (κ3) is 4.39. The van der Waals surface area contributed by atoms with Crippen LogP contribution in [0.3, 0.4) is 0 Å². The molecule has 4 N–H and O–H groups in total. The van der Waals surface area contributed by atoms with Crippen LogP contribution < -0.4 is 11.3 Å². The van der Waals surface area contributed by atoms with Crippen LogP contribution in [0.1, 0.15) is 0 Å². The van der Waals surface area contributed by atoms with Crippen molar-refractivity contribution in [2.24, 2.45) is 5.84 Å². The highest BCUT2D eigenvalue weighted by atomic mass is 32.2. The molecule has 0 saturated heterocycles. The topological polar surface area (TPSA) is 58.3 Å². The van der Waals surface area contributed by atoms with E-state index in [1.54, 1.807) is 11.8 Å². The first kappa shape index (κ1) is 8.23. The van der Waals surface area contributed by atoms with Gasteiger partial charge in [-0.2, -0.15) is 11.8 Å². The first-order chi connectivity index (χ1) is 3.81. The van der Waals surface area contributed by atoms with Gasteiger partial charge in [0.05, 0.1) is 6.10 Å². The van der Waals surface area contributed by atoms with Crippen LogP contribution in [0.4, 0.5) is 0 Å². The van der Waals surface area contributed by atoms with Gasteiger partial charge in [-0.1, -0.05) is 0 Å². The summed E-state index contributed by atoms with van der Waals surface area (Å²) in [5.74, 6) is 5.68. The number of thioether (sulfide) groups is 1. The average Bonchev–Trinajstić information content (AvgIpc) is 1.68. The van der Waals surface area contributed by atoms with E-state index >= 15 is 0 Å². The van der Waals surface area contributed by atoms with E-state index < -0.39 is 0 Å². The van der Waals surface area contributed by atoms with E-state index in [-0.39, 0.29) is 6.10 Å². The molecule has 0 rings (SSSR count). The van der Waals surface area contributed by atoms with E-state index in [0.29, 0.717) is 6.54 Å². The number of nitrogens with one attached hydrogen (secondary N) is 1. The second kappa shape index (κ2) is 5.37. The van der Waals surface area contributed by atoms with E-state index in [9.17, 15) is 0 Å². The summed E-state index contributed by atoms with van der Waals surface area (Å²) >= 11 is 1.60. The highest BCUT2D eigenvalue weighted by Gasteiger charge is 1.98. The van der Waals surface area contributed by atoms with Crippen molar-refractivity contribution in [1.29, 1.82) is 0 Å². The van der Waals surface area contributed by atoms with E-state index in [1.165, 1.54) is 0 Å². The van der Waals surface area contributed by atoms with Crippen molar-refractivity contribution in [3.05, 3.63) is 0 Å². The number of hydrazine groups is 1.